The van der Waals surface area contributed by atoms with Crippen LogP contribution >= 0.6 is 11.3 Å². The fraction of sp³-hybridized carbons (Fsp3) is 0.722. The minimum absolute atomic E-state index is 0.0420. The number of carbonyl (C=O) groups is 2. The van der Waals surface area contributed by atoms with Crippen molar-refractivity contribution in [3.8, 4) is 0 Å². The molecule has 3 atom stereocenters. The quantitative estimate of drug-likeness (QED) is 0.871. The molecule has 7 heteroatoms. The summed E-state index contributed by atoms with van der Waals surface area (Å²) in [7, 11) is 0. The molecule has 3 unspecified atom stereocenters. The van der Waals surface area contributed by atoms with Crippen LogP contribution in [-0.4, -0.2) is 45.0 Å². The number of hydrogen-bond acceptors (Lipinski definition) is 5. The molecule has 0 bridgehead atoms. The van der Waals surface area contributed by atoms with Crippen LogP contribution in [0, 0.1) is 5.92 Å². The smallest absolute Gasteiger partial charge is 0.320 e. The van der Waals surface area contributed by atoms with Crippen molar-refractivity contribution in [2.75, 3.05) is 4.90 Å². The maximum atomic E-state index is 11.9. The number of carboxylic acid groups (broad SMARTS) is 1. The lowest BCUT2D eigenvalue weighted by Crippen LogP contribution is -2.41. The van der Waals surface area contributed by atoms with Gasteiger partial charge in [0.15, 0.2) is 5.13 Å². The Morgan fingerprint density at radius 3 is 2.76 bits per heavy atom. The molecule has 3 aliphatic rings. The van der Waals surface area contributed by atoms with Gasteiger partial charge in [-0.3, -0.25) is 19.4 Å². The van der Waals surface area contributed by atoms with Gasteiger partial charge in [0, 0.05) is 30.9 Å². The fourth-order valence-corrected chi connectivity index (χ4v) is 5.50. The number of nitrogens with zero attached hydrogens (tertiary/aromatic N) is 3. The zero-order valence-corrected chi connectivity index (χ0v) is 15.4. The van der Waals surface area contributed by atoms with Gasteiger partial charge in [-0.2, -0.15) is 0 Å². The van der Waals surface area contributed by atoms with Crippen LogP contribution in [0.5, 0.6) is 0 Å². The number of rotatable bonds is 5. The van der Waals surface area contributed by atoms with Crippen LogP contribution in [0.2, 0.25) is 0 Å². The molecule has 136 valence electrons. The van der Waals surface area contributed by atoms with E-state index < -0.39 is 12.0 Å². The average molecular weight is 363 g/mol. The van der Waals surface area contributed by atoms with E-state index in [0.717, 1.165) is 42.9 Å². The number of likely N-dealkylation sites (tertiary alicyclic amines) is 1. The van der Waals surface area contributed by atoms with E-state index in [-0.39, 0.29) is 5.91 Å². The van der Waals surface area contributed by atoms with E-state index >= 15 is 0 Å². The normalized spacial score (nSPS) is 29.4. The second-order valence-electron chi connectivity index (χ2n) is 7.62. The number of fused-ring (bicyclic) bond motifs is 1. The summed E-state index contributed by atoms with van der Waals surface area (Å²) < 4.78 is 0. The molecule has 2 saturated carbocycles. The minimum atomic E-state index is -0.715. The summed E-state index contributed by atoms with van der Waals surface area (Å²) in [6.07, 6.45) is 7.50. The Morgan fingerprint density at radius 1 is 1.32 bits per heavy atom. The molecule has 3 fully saturated rings. The van der Waals surface area contributed by atoms with Crippen LogP contribution in [0.4, 0.5) is 5.13 Å². The first-order valence-electron chi connectivity index (χ1n) is 9.27. The Kier molecular flexibility index (Phi) is 4.54. The number of aliphatic carboxylic acids is 1. The van der Waals surface area contributed by atoms with Crippen molar-refractivity contribution in [3.05, 3.63) is 11.1 Å². The minimum Gasteiger partial charge on any atom is -0.480 e. The first-order valence-corrected chi connectivity index (χ1v) is 10.2. The van der Waals surface area contributed by atoms with Gasteiger partial charge in [0.1, 0.15) is 6.04 Å². The van der Waals surface area contributed by atoms with Crippen LogP contribution in [0.3, 0.4) is 0 Å². The molecule has 6 nitrogen and oxygen atoms in total. The molecule has 1 saturated heterocycles. The Bertz CT molecular complexity index is 672. The summed E-state index contributed by atoms with van der Waals surface area (Å²) in [4.78, 5) is 32.3. The third kappa shape index (κ3) is 3.31. The average Bonchev–Trinajstić information content (AvgIpc) is 3.17. The van der Waals surface area contributed by atoms with Gasteiger partial charge in [0.05, 0.1) is 5.69 Å². The zero-order chi connectivity index (χ0) is 17.6. The molecule has 0 spiro atoms. The number of amides is 1. The second-order valence-corrected chi connectivity index (χ2v) is 8.45. The van der Waals surface area contributed by atoms with Crippen molar-refractivity contribution in [2.45, 2.75) is 76.5 Å². The molecule has 2 aliphatic carbocycles. The SMILES string of the molecule is CC(=O)N(c1nc(CN2C(C(=O)O)CC3CCCCC32)cs1)C1CC1. The van der Waals surface area contributed by atoms with Gasteiger partial charge in [0.25, 0.3) is 0 Å². The van der Waals surface area contributed by atoms with Gasteiger partial charge in [-0.1, -0.05) is 12.8 Å². The highest BCUT2D eigenvalue weighted by Crippen LogP contribution is 2.41. The monoisotopic (exact) mass is 363 g/mol. The highest BCUT2D eigenvalue weighted by molar-refractivity contribution is 7.14. The van der Waals surface area contributed by atoms with Crippen molar-refractivity contribution >= 4 is 28.3 Å². The summed E-state index contributed by atoms with van der Waals surface area (Å²) in [6.45, 7) is 2.16. The number of anilines is 1. The maximum Gasteiger partial charge on any atom is 0.320 e. The van der Waals surface area contributed by atoms with Crippen LogP contribution in [0.25, 0.3) is 0 Å². The first kappa shape index (κ1) is 17.0. The Labute approximate surface area is 151 Å². The lowest BCUT2D eigenvalue weighted by molar-refractivity contribution is -0.143. The lowest BCUT2D eigenvalue weighted by atomic mass is 9.85. The molecule has 2 heterocycles. The Hall–Kier alpha value is -1.47. The number of carbonyl (C=O) groups excluding carboxylic acids is 1. The molecule has 0 radical (unpaired) electrons. The molecule has 1 aromatic heterocycles. The summed E-state index contributed by atoms with van der Waals surface area (Å²) >= 11 is 1.50. The molecule has 0 aromatic carbocycles. The maximum absolute atomic E-state index is 11.9. The number of aromatic nitrogens is 1. The van der Waals surface area contributed by atoms with Crippen molar-refractivity contribution in [2.24, 2.45) is 5.92 Å². The fourth-order valence-electron chi connectivity index (χ4n) is 4.57. The van der Waals surface area contributed by atoms with E-state index in [1.807, 2.05) is 5.38 Å². The standard InChI is InChI=1S/C18H25N3O3S/c1-11(22)21(14-6-7-14)18-19-13(10-25-18)9-20-15-5-3-2-4-12(15)8-16(20)17(23)24/h10,12,14-16H,2-9H2,1H3,(H,23,24). The molecule has 1 aliphatic heterocycles. The van der Waals surface area contributed by atoms with Crippen molar-refractivity contribution in [1.82, 2.24) is 9.88 Å². The lowest BCUT2D eigenvalue weighted by Gasteiger charge is -2.32. The topological polar surface area (TPSA) is 73.7 Å². The Balaban J connectivity index is 1.52. The molecule has 1 N–H and O–H groups in total. The molecule has 1 aromatic rings. The van der Waals surface area contributed by atoms with E-state index in [0.29, 0.717) is 24.5 Å². The van der Waals surface area contributed by atoms with Crippen LogP contribution < -0.4 is 4.90 Å². The largest absolute Gasteiger partial charge is 0.480 e. The van der Waals surface area contributed by atoms with Crippen molar-refractivity contribution in [1.29, 1.82) is 0 Å². The summed E-state index contributed by atoms with van der Waals surface area (Å²) in [5.41, 5.74) is 0.893. The third-order valence-corrected chi connectivity index (χ3v) is 6.74. The number of hydrogen-bond donors (Lipinski definition) is 1. The van der Waals surface area contributed by atoms with E-state index in [4.69, 9.17) is 0 Å². The molecular weight excluding hydrogens is 338 g/mol. The third-order valence-electron chi connectivity index (χ3n) is 5.85. The van der Waals surface area contributed by atoms with E-state index in [1.165, 1.54) is 24.2 Å². The molecule has 25 heavy (non-hydrogen) atoms. The van der Waals surface area contributed by atoms with Crippen LogP contribution in [0.15, 0.2) is 5.38 Å². The van der Waals surface area contributed by atoms with Gasteiger partial charge < -0.3 is 5.11 Å². The van der Waals surface area contributed by atoms with E-state index in [1.54, 1.807) is 11.8 Å². The van der Waals surface area contributed by atoms with Crippen molar-refractivity contribution in [3.63, 3.8) is 0 Å². The van der Waals surface area contributed by atoms with E-state index in [9.17, 15) is 14.7 Å². The molecule has 4 rings (SSSR count). The zero-order valence-electron chi connectivity index (χ0n) is 14.6. The number of thiazole rings is 1. The summed E-state index contributed by atoms with van der Waals surface area (Å²) in [5, 5.41) is 12.4. The molecule has 1 amide bonds. The highest BCUT2D eigenvalue weighted by atomic mass is 32.1. The summed E-state index contributed by atoms with van der Waals surface area (Å²) in [6, 6.07) is 0.274. The van der Waals surface area contributed by atoms with Gasteiger partial charge in [-0.05, 0) is 38.0 Å². The summed E-state index contributed by atoms with van der Waals surface area (Å²) in [5.74, 6) is -0.165. The Morgan fingerprint density at radius 2 is 2.08 bits per heavy atom. The van der Waals surface area contributed by atoms with Gasteiger partial charge in [0.2, 0.25) is 5.91 Å². The predicted molar refractivity (Wildman–Crippen MR) is 95.6 cm³/mol. The van der Waals surface area contributed by atoms with Gasteiger partial charge in [-0.15, -0.1) is 11.3 Å². The van der Waals surface area contributed by atoms with Gasteiger partial charge >= 0.3 is 5.97 Å². The van der Waals surface area contributed by atoms with Crippen LogP contribution in [-0.2, 0) is 16.1 Å². The predicted octanol–water partition coefficient (Wildman–Crippen LogP) is 2.88. The molecular formula is C18H25N3O3S. The van der Waals surface area contributed by atoms with Crippen molar-refractivity contribution < 1.29 is 14.7 Å². The number of carboxylic acids is 1. The van der Waals surface area contributed by atoms with Crippen LogP contribution in [0.1, 0.15) is 57.6 Å². The van der Waals surface area contributed by atoms with Gasteiger partial charge in [-0.25, -0.2) is 4.98 Å². The van der Waals surface area contributed by atoms with E-state index in [2.05, 4.69) is 9.88 Å². The first-order chi connectivity index (χ1) is 12.0. The second kappa shape index (κ2) is 6.68. The highest BCUT2D eigenvalue weighted by Gasteiger charge is 2.45.